The smallest absolute Gasteiger partial charge is 0.166 e. The summed E-state index contributed by atoms with van der Waals surface area (Å²) in [7, 11) is 0. The van der Waals surface area contributed by atoms with Crippen molar-refractivity contribution < 1.29 is 0 Å². The Morgan fingerprint density at radius 3 is 2.20 bits per heavy atom. The Kier molecular flexibility index (Phi) is 8.33. The number of benzene rings is 2. The second-order valence-corrected chi connectivity index (χ2v) is 8.22. The van der Waals surface area contributed by atoms with Crippen LogP contribution in [0.2, 0.25) is 0 Å². The molecule has 0 radical (unpaired) electrons. The molecule has 0 aromatic heterocycles. The van der Waals surface area contributed by atoms with E-state index in [-0.39, 0.29) is 5.41 Å². The third kappa shape index (κ3) is 7.00. The number of aliphatic imine (C=N–C) groups is 1. The van der Waals surface area contributed by atoms with E-state index in [1.165, 1.54) is 22.9 Å². The van der Waals surface area contributed by atoms with Gasteiger partial charge in [-0.1, -0.05) is 94.5 Å². The monoisotopic (exact) mass is 372 g/mol. The molecule has 2 aromatic rings. The number of hydrogen-bond donors (Lipinski definition) is 1. The fraction of sp³-hybridized carbons (Fsp3) is 0.333. The van der Waals surface area contributed by atoms with Crippen molar-refractivity contribution in [2.45, 2.75) is 51.9 Å². The van der Waals surface area contributed by atoms with Crippen molar-refractivity contribution in [1.29, 1.82) is 0 Å². The lowest BCUT2D eigenvalue weighted by Crippen LogP contribution is -2.17. The topological polar surface area (TPSA) is 38.4 Å². The van der Waals surface area contributed by atoms with Crippen molar-refractivity contribution in [1.82, 2.24) is 0 Å². The molecule has 0 heterocycles. The van der Waals surface area contributed by atoms with Crippen molar-refractivity contribution in [3.8, 4) is 0 Å². The molecule has 0 unspecified atom stereocenters. The van der Waals surface area contributed by atoms with Crippen LogP contribution in [0.5, 0.6) is 0 Å². The fourth-order valence-corrected chi connectivity index (χ4v) is 3.04. The molecule has 0 aliphatic rings. The quantitative estimate of drug-likeness (QED) is 0.299. The molecule has 0 saturated heterocycles. The van der Waals surface area contributed by atoms with Crippen LogP contribution in [0.25, 0.3) is 0 Å². The van der Waals surface area contributed by atoms with Crippen LogP contribution in [0.15, 0.2) is 58.4 Å². The van der Waals surface area contributed by atoms with Gasteiger partial charge in [-0.2, -0.15) is 0 Å². The Labute approximate surface area is 161 Å². The van der Waals surface area contributed by atoms with Gasteiger partial charge in [0.1, 0.15) is 5.84 Å². The zero-order valence-corrected chi connectivity index (χ0v) is 17.6. The Bertz CT molecular complexity index is 726. The Hall–Kier alpha value is -1.65. The van der Waals surface area contributed by atoms with Crippen LogP contribution in [0.4, 0.5) is 0 Å². The normalized spacial score (nSPS) is 11.5. The Balaban J connectivity index is 0.00000151. The van der Waals surface area contributed by atoms with Crippen molar-refractivity contribution in [3.63, 3.8) is 0 Å². The molecule has 0 amide bonds. The van der Waals surface area contributed by atoms with Crippen LogP contribution in [-0.4, -0.2) is 10.2 Å². The second-order valence-electron chi connectivity index (χ2n) is 6.51. The molecule has 134 valence electrons. The van der Waals surface area contributed by atoms with Crippen molar-refractivity contribution >= 4 is 34.1 Å². The summed E-state index contributed by atoms with van der Waals surface area (Å²) in [5.41, 5.74) is 9.57. The largest absolute Gasteiger partial charge is 0.383 e. The lowest BCUT2D eigenvalue weighted by atomic mass is 9.86. The maximum absolute atomic E-state index is 6.14. The van der Waals surface area contributed by atoms with Crippen LogP contribution in [0.3, 0.4) is 0 Å². The highest BCUT2D eigenvalue weighted by atomic mass is 32.2. The first-order valence-electron chi connectivity index (χ1n) is 8.49. The summed E-state index contributed by atoms with van der Waals surface area (Å²) in [5.74, 6) is 0.459. The fourth-order valence-electron chi connectivity index (χ4n) is 2.04. The lowest BCUT2D eigenvalue weighted by molar-refractivity contribution is 0.590. The molecule has 25 heavy (non-hydrogen) atoms. The third-order valence-electron chi connectivity index (χ3n) is 3.46. The number of hydrogen-bond acceptors (Lipinski definition) is 2. The average Bonchev–Trinajstić information content (AvgIpc) is 2.58. The van der Waals surface area contributed by atoms with E-state index in [0.29, 0.717) is 10.2 Å². The summed E-state index contributed by atoms with van der Waals surface area (Å²) >= 11 is 6.80. The Morgan fingerprint density at radius 1 is 1.04 bits per heavy atom. The van der Waals surface area contributed by atoms with Crippen LogP contribution in [-0.2, 0) is 5.41 Å². The van der Waals surface area contributed by atoms with Crippen LogP contribution in [0, 0.1) is 6.92 Å². The van der Waals surface area contributed by atoms with Crippen molar-refractivity contribution in [2.24, 2.45) is 10.7 Å². The Morgan fingerprint density at radius 2 is 1.64 bits per heavy atom. The van der Waals surface area contributed by atoms with E-state index in [9.17, 15) is 0 Å². The number of rotatable bonds is 2. The van der Waals surface area contributed by atoms with E-state index in [0.717, 1.165) is 10.5 Å². The molecule has 0 fully saturated rings. The molecule has 0 spiro atoms. The first-order chi connectivity index (χ1) is 11.8. The molecular formula is C21H28N2S2. The average molecular weight is 373 g/mol. The lowest BCUT2D eigenvalue weighted by Gasteiger charge is -2.19. The van der Waals surface area contributed by atoms with Gasteiger partial charge in [0.2, 0.25) is 0 Å². The molecule has 0 aliphatic carbocycles. The van der Waals surface area contributed by atoms with Gasteiger partial charge in [0.25, 0.3) is 0 Å². The van der Waals surface area contributed by atoms with E-state index in [1.54, 1.807) is 0 Å². The number of amidine groups is 1. The van der Waals surface area contributed by atoms with Gasteiger partial charge in [-0.3, -0.25) is 0 Å². The van der Waals surface area contributed by atoms with Gasteiger partial charge in [0.15, 0.2) is 4.32 Å². The number of nitrogens with zero attached hydrogens (tertiary/aromatic N) is 1. The number of thiocarbonyl (C=S) groups is 1. The molecule has 0 atom stereocenters. The van der Waals surface area contributed by atoms with Crippen molar-refractivity contribution in [2.75, 3.05) is 0 Å². The number of thioether (sulfide) groups is 1. The second kappa shape index (κ2) is 9.73. The number of aryl methyl sites for hydroxylation is 1. The van der Waals surface area contributed by atoms with Crippen molar-refractivity contribution in [3.05, 3.63) is 65.2 Å². The zero-order valence-electron chi connectivity index (χ0n) is 16.0. The van der Waals surface area contributed by atoms with E-state index in [2.05, 4.69) is 57.0 Å². The maximum Gasteiger partial charge on any atom is 0.166 e. The van der Waals surface area contributed by atoms with E-state index in [4.69, 9.17) is 18.0 Å². The third-order valence-corrected chi connectivity index (χ3v) is 4.58. The van der Waals surface area contributed by atoms with Crippen LogP contribution in [0.1, 0.15) is 51.3 Å². The molecule has 2 nitrogen and oxygen atoms in total. The van der Waals surface area contributed by atoms with Gasteiger partial charge in [-0.05, 0) is 36.1 Å². The summed E-state index contributed by atoms with van der Waals surface area (Å²) in [5, 5.41) is 0. The van der Waals surface area contributed by atoms with Gasteiger partial charge in [-0.25, -0.2) is 4.99 Å². The summed E-state index contributed by atoms with van der Waals surface area (Å²) < 4.78 is 0.521. The zero-order chi connectivity index (χ0) is 19.0. The molecule has 0 saturated carbocycles. The molecule has 2 N–H and O–H groups in total. The summed E-state index contributed by atoms with van der Waals surface area (Å²) in [6.07, 6.45) is 0. The summed E-state index contributed by atoms with van der Waals surface area (Å²) in [6, 6.07) is 16.4. The minimum Gasteiger partial charge on any atom is -0.383 e. The summed E-state index contributed by atoms with van der Waals surface area (Å²) in [6.45, 7) is 12.6. The minimum atomic E-state index is 0.0768. The van der Waals surface area contributed by atoms with Gasteiger partial charge in [0, 0.05) is 10.5 Å². The predicted molar refractivity (Wildman–Crippen MR) is 117 cm³/mol. The van der Waals surface area contributed by atoms with Crippen LogP contribution < -0.4 is 5.73 Å². The molecule has 2 rings (SSSR count). The van der Waals surface area contributed by atoms with Gasteiger partial charge < -0.3 is 5.73 Å². The molecule has 2 aromatic carbocycles. The highest BCUT2D eigenvalue weighted by molar-refractivity contribution is 8.23. The molecular weight excluding hydrogens is 344 g/mol. The number of nitrogens with two attached hydrogens (primary N) is 1. The molecule has 0 bridgehead atoms. The van der Waals surface area contributed by atoms with E-state index in [1.807, 2.05) is 38.1 Å². The SMILES string of the molecule is CC.Cc1ccc(SC(=S)/N=C(\N)c2cccc(C(C)(C)C)c2)cc1. The summed E-state index contributed by atoms with van der Waals surface area (Å²) in [4.78, 5) is 5.45. The first-order valence-corrected chi connectivity index (χ1v) is 9.72. The van der Waals surface area contributed by atoms with E-state index >= 15 is 0 Å². The standard InChI is InChI=1S/C19H22N2S2.C2H6/c1-13-8-10-16(11-9-13)23-18(22)21-17(20)14-6-5-7-15(12-14)19(2,3)4;1-2/h5-12H,1-4H3,(H2,20,21,22);1-2H3. The highest BCUT2D eigenvalue weighted by Crippen LogP contribution is 2.24. The minimum absolute atomic E-state index is 0.0768. The highest BCUT2D eigenvalue weighted by Gasteiger charge is 2.14. The van der Waals surface area contributed by atoms with Crippen LogP contribution >= 0.6 is 24.0 Å². The molecule has 0 aliphatic heterocycles. The van der Waals surface area contributed by atoms with Gasteiger partial charge in [-0.15, -0.1) is 0 Å². The first kappa shape index (κ1) is 21.4. The van der Waals surface area contributed by atoms with Gasteiger partial charge >= 0.3 is 0 Å². The van der Waals surface area contributed by atoms with E-state index < -0.39 is 0 Å². The predicted octanol–water partition coefficient (Wildman–Crippen LogP) is 6.10. The molecule has 4 heteroatoms. The van der Waals surface area contributed by atoms with Gasteiger partial charge in [0.05, 0.1) is 0 Å². The maximum atomic E-state index is 6.14.